The lowest BCUT2D eigenvalue weighted by molar-refractivity contribution is 0.432. The molecule has 1 aromatic carbocycles. The molecule has 94 valence electrons. The van der Waals surface area contributed by atoms with E-state index < -0.39 is 0 Å². The Balaban J connectivity index is 2.05. The van der Waals surface area contributed by atoms with Crippen molar-refractivity contribution in [1.29, 1.82) is 0 Å². The first-order chi connectivity index (χ1) is 9.25. The predicted octanol–water partition coefficient (Wildman–Crippen LogP) is 3.14. The molecular weight excluding hydrogens is 308 g/mol. The summed E-state index contributed by atoms with van der Waals surface area (Å²) in [6.45, 7) is 0. The molecule has 3 aromatic rings. The van der Waals surface area contributed by atoms with E-state index in [1.807, 2.05) is 30.3 Å². The smallest absolute Gasteiger partial charge is 0.260 e. The molecule has 0 aliphatic carbocycles. The Morgan fingerprint density at radius 2 is 2.05 bits per heavy atom. The van der Waals surface area contributed by atoms with Crippen LogP contribution in [0.5, 0.6) is 0 Å². The Bertz CT molecular complexity index is 712. The molecule has 0 aliphatic rings. The fourth-order valence-corrected chi connectivity index (χ4v) is 2.03. The summed E-state index contributed by atoms with van der Waals surface area (Å²) in [5.41, 5.74) is 8.05. The average Bonchev–Trinajstić information content (AvgIpc) is 2.92. The molecule has 0 saturated carbocycles. The summed E-state index contributed by atoms with van der Waals surface area (Å²) in [6, 6.07) is 9.24. The van der Waals surface area contributed by atoms with Crippen LogP contribution in [0.4, 0.5) is 5.69 Å². The molecule has 2 aromatic heterocycles. The van der Waals surface area contributed by atoms with Gasteiger partial charge in [-0.2, -0.15) is 4.98 Å². The molecule has 0 spiro atoms. The molecule has 0 radical (unpaired) electrons. The van der Waals surface area contributed by atoms with E-state index in [0.717, 1.165) is 10.0 Å². The van der Waals surface area contributed by atoms with Crippen molar-refractivity contribution in [3.63, 3.8) is 0 Å². The third-order valence-electron chi connectivity index (χ3n) is 2.63. The molecule has 2 heterocycles. The van der Waals surface area contributed by atoms with Crippen LogP contribution < -0.4 is 5.73 Å². The van der Waals surface area contributed by atoms with Gasteiger partial charge in [0.05, 0.1) is 11.3 Å². The van der Waals surface area contributed by atoms with E-state index in [-0.39, 0.29) is 0 Å². The average molecular weight is 317 g/mol. The molecule has 0 amide bonds. The number of rotatable bonds is 2. The molecule has 0 aliphatic heterocycles. The van der Waals surface area contributed by atoms with Crippen LogP contribution in [-0.2, 0) is 0 Å². The van der Waals surface area contributed by atoms with Crippen molar-refractivity contribution in [3.8, 4) is 22.8 Å². The molecule has 0 unspecified atom stereocenters. The number of pyridine rings is 1. The molecule has 5 nitrogen and oxygen atoms in total. The maximum Gasteiger partial charge on any atom is 0.260 e. The summed E-state index contributed by atoms with van der Waals surface area (Å²) in [7, 11) is 0. The highest BCUT2D eigenvalue weighted by Crippen LogP contribution is 2.31. The third-order valence-corrected chi connectivity index (χ3v) is 3.32. The van der Waals surface area contributed by atoms with E-state index >= 15 is 0 Å². The van der Waals surface area contributed by atoms with Crippen molar-refractivity contribution in [2.24, 2.45) is 0 Å². The summed E-state index contributed by atoms with van der Waals surface area (Å²) in [5, 5.41) is 3.94. The van der Waals surface area contributed by atoms with E-state index in [1.165, 1.54) is 0 Å². The Labute approximate surface area is 117 Å². The number of nitrogens with two attached hydrogens (primary N) is 1. The first-order valence-electron chi connectivity index (χ1n) is 5.54. The lowest BCUT2D eigenvalue weighted by atomic mass is 10.2. The molecular formula is C13H9BrN4O. The molecule has 0 bridgehead atoms. The van der Waals surface area contributed by atoms with Gasteiger partial charge in [-0.25, -0.2) is 0 Å². The van der Waals surface area contributed by atoms with Crippen molar-refractivity contribution >= 4 is 21.6 Å². The summed E-state index contributed by atoms with van der Waals surface area (Å²) in [4.78, 5) is 8.35. The predicted molar refractivity (Wildman–Crippen MR) is 75.1 cm³/mol. The Kier molecular flexibility index (Phi) is 3.00. The molecule has 19 heavy (non-hydrogen) atoms. The molecule has 0 saturated heterocycles. The monoisotopic (exact) mass is 316 g/mol. The van der Waals surface area contributed by atoms with Crippen molar-refractivity contribution in [1.82, 2.24) is 15.1 Å². The molecule has 3 rings (SSSR count). The third kappa shape index (κ3) is 2.22. The van der Waals surface area contributed by atoms with Crippen LogP contribution in [0.25, 0.3) is 22.8 Å². The highest BCUT2D eigenvalue weighted by Gasteiger charge is 2.14. The van der Waals surface area contributed by atoms with Crippen molar-refractivity contribution in [2.45, 2.75) is 0 Å². The van der Waals surface area contributed by atoms with E-state index in [2.05, 4.69) is 31.1 Å². The topological polar surface area (TPSA) is 77.8 Å². The van der Waals surface area contributed by atoms with Gasteiger partial charge in [0.1, 0.15) is 0 Å². The Morgan fingerprint density at radius 3 is 2.84 bits per heavy atom. The molecule has 6 heteroatoms. The van der Waals surface area contributed by atoms with Crippen LogP contribution in [0.3, 0.4) is 0 Å². The summed E-state index contributed by atoms with van der Waals surface area (Å²) in [5.74, 6) is 0.875. The van der Waals surface area contributed by atoms with Crippen LogP contribution >= 0.6 is 15.9 Å². The van der Waals surface area contributed by atoms with Gasteiger partial charge in [0.25, 0.3) is 5.89 Å². The summed E-state index contributed by atoms with van der Waals surface area (Å²) >= 11 is 3.37. The fraction of sp³-hybridized carbons (Fsp3) is 0. The number of aromatic nitrogens is 3. The lowest BCUT2D eigenvalue weighted by Crippen LogP contribution is -1.91. The minimum Gasteiger partial charge on any atom is -0.397 e. The van der Waals surface area contributed by atoms with Crippen LogP contribution in [0.2, 0.25) is 0 Å². The zero-order chi connectivity index (χ0) is 13.2. The summed E-state index contributed by atoms with van der Waals surface area (Å²) in [6.07, 6.45) is 3.37. The maximum absolute atomic E-state index is 5.98. The van der Waals surface area contributed by atoms with Crippen molar-refractivity contribution in [2.75, 3.05) is 5.73 Å². The van der Waals surface area contributed by atoms with Gasteiger partial charge in [-0.3, -0.25) is 4.98 Å². The van der Waals surface area contributed by atoms with Crippen molar-refractivity contribution < 1.29 is 4.52 Å². The van der Waals surface area contributed by atoms with Gasteiger partial charge in [-0.1, -0.05) is 11.2 Å². The van der Waals surface area contributed by atoms with Gasteiger partial charge in [-0.15, -0.1) is 0 Å². The number of hydrogen-bond donors (Lipinski definition) is 1. The maximum atomic E-state index is 5.98. The molecule has 0 fully saturated rings. The number of para-hydroxylation sites is 1. The van der Waals surface area contributed by atoms with E-state index in [1.54, 1.807) is 12.4 Å². The largest absolute Gasteiger partial charge is 0.397 e. The lowest BCUT2D eigenvalue weighted by Gasteiger charge is -2.01. The van der Waals surface area contributed by atoms with Gasteiger partial charge in [0, 0.05) is 22.4 Å². The molecule has 0 atom stereocenters. The number of halogens is 1. The standard InChI is InChI=1S/C13H9BrN4O/c14-10-5-1-4-9(11(10)15)13-17-12(18-19-13)8-3-2-6-16-7-8/h1-7H,15H2. The number of anilines is 1. The zero-order valence-electron chi connectivity index (χ0n) is 9.75. The van der Waals surface area contributed by atoms with Crippen LogP contribution in [0, 0.1) is 0 Å². The highest BCUT2D eigenvalue weighted by molar-refractivity contribution is 9.10. The van der Waals surface area contributed by atoms with Gasteiger partial charge in [0.15, 0.2) is 0 Å². The second kappa shape index (κ2) is 4.81. The van der Waals surface area contributed by atoms with Crippen LogP contribution in [-0.4, -0.2) is 15.1 Å². The zero-order valence-corrected chi connectivity index (χ0v) is 11.3. The second-order valence-corrected chi connectivity index (χ2v) is 4.72. The number of nitrogen functional groups attached to an aromatic ring is 1. The SMILES string of the molecule is Nc1c(Br)cccc1-c1nc(-c2cccnc2)no1. The minimum absolute atomic E-state index is 0.387. The Hall–Kier alpha value is -2.21. The first-order valence-corrected chi connectivity index (χ1v) is 6.33. The van der Waals surface area contributed by atoms with Gasteiger partial charge in [0.2, 0.25) is 5.82 Å². The van der Waals surface area contributed by atoms with E-state index in [4.69, 9.17) is 10.3 Å². The number of benzene rings is 1. The highest BCUT2D eigenvalue weighted by atomic mass is 79.9. The van der Waals surface area contributed by atoms with Gasteiger partial charge in [-0.05, 0) is 40.2 Å². The van der Waals surface area contributed by atoms with Crippen LogP contribution in [0.15, 0.2) is 51.7 Å². The van der Waals surface area contributed by atoms with Gasteiger partial charge < -0.3 is 10.3 Å². The minimum atomic E-state index is 0.387. The Morgan fingerprint density at radius 1 is 1.16 bits per heavy atom. The summed E-state index contributed by atoms with van der Waals surface area (Å²) < 4.78 is 6.05. The molecule has 2 N–H and O–H groups in total. The quantitative estimate of drug-likeness (QED) is 0.735. The normalized spacial score (nSPS) is 10.6. The van der Waals surface area contributed by atoms with E-state index in [0.29, 0.717) is 23.0 Å². The van der Waals surface area contributed by atoms with Crippen molar-refractivity contribution in [3.05, 3.63) is 47.2 Å². The number of hydrogen-bond acceptors (Lipinski definition) is 5. The second-order valence-electron chi connectivity index (χ2n) is 3.87. The van der Waals surface area contributed by atoms with E-state index in [9.17, 15) is 0 Å². The first kappa shape index (κ1) is 11.9. The fourth-order valence-electron chi connectivity index (χ4n) is 1.67. The number of nitrogens with zero attached hydrogens (tertiary/aromatic N) is 3. The van der Waals surface area contributed by atoms with Crippen LogP contribution in [0.1, 0.15) is 0 Å². The van der Waals surface area contributed by atoms with Gasteiger partial charge >= 0.3 is 0 Å².